The Labute approximate surface area is 115 Å². The van der Waals surface area contributed by atoms with Crippen LogP contribution in [0.1, 0.15) is 38.2 Å². The number of nitrogens with one attached hydrogen (secondary N) is 2. The van der Waals surface area contributed by atoms with Gasteiger partial charge >= 0.3 is 0 Å². The number of rotatable bonds is 2. The van der Waals surface area contributed by atoms with Crippen molar-refractivity contribution >= 4 is 23.0 Å². The molecule has 0 atom stereocenters. The molecular formula is C15H22N2S. The molecule has 0 spiro atoms. The van der Waals surface area contributed by atoms with Gasteiger partial charge in [0.2, 0.25) is 0 Å². The van der Waals surface area contributed by atoms with Gasteiger partial charge in [-0.3, -0.25) is 0 Å². The maximum atomic E-state index is 5.36. The summed E-state index contributed by atoms with van der Waals surface area (Å²) in [5, 5.41) is 7.42. The zero-order valence-electron chi connectivity index (χ0n) is 11.2. The van der Waals surface area contributed by atoms with E-state index in [1.165, 1.54) is 31.2 Å². The van der Waals surface area contributed by atoms with Crippen molar-refractivity contribution in [3.05, 3.63) is 29.8 Å². The lowest BCUT2D eigenvalue weighted by molar-refractivity contribution is 0.332. The third-order valence-corrected chi connectivity index (χ3v) is 3.88. The molecular weight excluding hydrogens is 240 g/mol. The topological polar surface area (TPSA) is 24.1 Å². The van der Waals surface area contributed by atoms with Gasteiger partial charge in [-0.15, -0.1) is 0 Å². The third kappa shape index (κ3) is 3.98. The van der Waals surface area contributed by atoms with Gasteiger partial charge < -0.3 is 10.6 Å². The number of hydrogen-bond acceptors (Lipinski definition) is 1. The lowest BCUT2D eigenvalue weighted by atomic mass is 9.87. The number of benzene rings is 1. The van der Waals surface area contributed by atoms with Crippen LogP contribution in [-0.2, 0) is 0 Å². The van der Waals surface area contributed by atoms with Crippen LogP contribution >= 0.6 is 12.2 Å². The van der Waals surface area contributed by atoms with Crippen molar-refractivity contribution in [2.45, 2.75) is 45.6 Å². The Balaban J connectivity index is 1.80. The Morgan fingerprint density at radius 2 is 1.72 bits per heavy atom. The lowest BCUT2D eigenvalue weighted by Gasteiger charge is -2.28. The summed E-state index contributed by atoms with van der Waals surface area (Å²) in [6.45, 7) is 4.42. The molecule has 2 rings (SSSR count). The van der Waals surface area contributed by atoms with Crippen molar-refractivity contribution in [3.8, 4) is 0 Å². The first-order valence-electron chi connectivity index (χ1n) is 6.77. The fraction of sp³-hybridized carbons (Fsp3) is 0.533. The van der Waals surface area contributed by atoms with Gasteiger partial charge in [0, 0.05) is 11.7 Å². The van der Waals surface area contributed by atoms with Crippen LogP contribution in [0.25, 0.3) is 0 Å². The van der Waals surface area contributed by atoms with Gasteiger partial charge in [-0.05, 0) is 62.9 Å². The summed E-state index contributed by atoms with van der Waals surface area (Å²) in [7, 11) is 0. The Morgan fingerprint density at radius 3 is 2.33 bits per heavy atom. The van der Waals surface area contributed by atoms with E-state index in [0.717, 1.165) is 16.7 Å². The highest BCUT2D eigenvalue weighted by Gasteiger charge is 2.18. The summed E-state index contributed by atoms with van der Waals surface area (Å²) < 4.78 is 0. The molecule has 0 unspecified atom stereocenters. The van der Waals surface area contributed by atoms with E-state index in [1.807, 2.05) is 0 Å². The van der Waals surface area contributed by atoms with E-state index in [0.29, 0.717) is 6.04 Å². The minimum Gasteiger partial charge on any atom is -0.360 e. The molecule has 0 radical (unpaired) electrons. The highest BCUT2D eigenvalue weighted by molar-refractivity contribution is 7.80. The minimum atomic E-state index is 0.548. The molecule has 1 aliphatic rings. The molecule has 1 aromatic carbocycles. The number of thiocarbonyl (C=S) groups is 1. The second-order valence-electron chi connectivity index (χ2n) is 5.42. The first-order chi connectivity index (χ1) is 8.63. The quantitative estimate of drug-likeness (QED) is 0.791. The molecule has 0 amide bonds. The molecule has 2 N–H and O–H groups in total. The van der Waals surface area contributed by atoms with Gasteiger partial charge in [0.05, 0.1) is 0 Å². The zero-order valence-corrected chi connectivity index (χ0v) is 12.0. The van der Waals surface area contributed by atoms with Gasteiger partial charge in [0.15, 0.2) is 5.11 Å². The van der Waals surface area contributed by atoms with Crippen LogP contribution in [0.15, 0.2) is 24.3 Å². The zero-order chi connectivity index (χ0) is 13.0. The second-order valence-corrected chi connectivity index (χ2v) is 5.83. The van der Waals surface area contributed by atoms with Crippen molar-refractivity contribution in [1.82, 2.24) is 5.32 Å². The lowest BCUT2D eigenvalue weighted by Crippen LogP contribution is -2.39. The maximum Gasteiger partial charge on any atom is 0.170 e. The molecule has 1 aromatic rings. The number of hydrogen-bond donors (Lipinski definition) is 2. The van der Waals surface area contributed by atoms with Gasteiger partial charge in [0.1, 0.15) is 0 Å². The average Bonchev–Trinajstić information content (AvgIpc) is 2.35. The second kappa shape index (κ2) is 6.19. The van der Waals surface area contributed by atoms with Crippen molar-refractivity contribution in [1.29, 1.82) is 0 Å². The van der Waals surface area contributed by atoms with E-state index in [9.17, 15) is 0 Å². The maximum absolute atomic E-state index is 5.36. The van der Waals surface area contributed by atoms with E-state index >= 15 is 0 Å². The molecule has 1 saturated carbocycles. The van der Waals surface area contributed by atoms with E-state index < -0.39 is 0 Å². The van der Waals surface area contributed by atoms with Crippen molar-refractivity contribution in [2.24, 2.45) is 5.92 Å². The Kier molecular flexibility index (Phi) is 4.59. The van der Waals surface area contributed by atoms with Gasteiger partial charge in [-0.2, -0.15) is 0 Å². The van der Waals surface area contributed by atoms with Crippen molar-refractivity contribution < 1.29 is 0 Å². The molecule has 98 valence electrons. The monoisotopic (exact) mass is 262 g/mol. The minimum absolute atomic E-state index is 0.548. The SMILES string of the molecule is Cc1ccc(NC(=S)NC2CCC(C)CC2)cc1. The molecule has 3 heteroatoms. The summed E-state index contributed by atoms with van der Waals surface area (Å²) in [5.41, 5.74) is 2.32. The molecule has 0 saturated heterocycles. The molecule has 18 heavy (non-hydrogen) atoms. The summed E-state index contributed by atoms with van der Waals surface area (Å²) in [5.74, 6) is 0.877. The molecule has 0 aromatic heterocycles. The smallest absolute Gasteiger partial charge is 0.170 e. The summed E-state index contributed by atoms with van der Waals surface area (Å²) in [4.78, 5) is 0. The Hall–Kier alpha value is -1.09. The highest BCUT2D eigenvalue weighted by Crippen LogP contribution is 2.23. The first-order valence-corrected chi connectivity index (χ1v) is 7.18. The molecule has 0 aliphatic heterocycles. The fourth-order valence-corrected chi connectivity index (χ4v) is 2.68. The molecule has 1 aliphatic carbocycles. The van der Waals surface area contributed by atoms with Gasteiger partial charge in [0.25, 0.3) is 0 Å². The highest BCUT2D eigenvalue weighted by atomic mass is 32.1. The predicted octanol–water partition coefficient (Wildman–Crippen LogP) is 3.86. The number of anilines is 1. The van der Waals surface area contributed by atoms with Crippen molar-refractivity contribution in [2.75, 3.05) is 5.32 Å². The fourth-order valence-electron chi connectivity index (χ4n) is 2.39. The Bertz CT molecular complexity index is 391. The molecule has 2 nitrogen and oxygen atoms in total. The molecule has 0 heterocycles. The van der Waals surface area contributed by atoms with E-state index in [1.54, 1.807) is 0 Å². The van der Waals surface area contributed by atoms with E-state index in [4.69, 9.17) is 12.2 Å². The van der Waals surface area contributed by atoms with Gasteiger partial charge in [-0.25, -0.2) is 0 Å². The Morgan fingerprint density at radius 1 is 1.11 bits per heavy atom. The van der Waals surface area contributed by atoms with Crippen molar-refractivity contribution in [3.63, 3.8) is 0 Å². The van der Waals surface area contributed by atoms with Crippen LogP contribution < -0.4 is 10.6 Å². The number of aryl methyl sites for hydroxylation is 1. The van der Waals surface area contributed by atoms with Crippen LogP contribution in [0.4, 0.5) is 5.69 Å². The van der Waals surface area contributed by atoms with Crippen LogP contribution in [0.3, 0.4) is 0 Å². The van der Waals surface area contributed by atoms with Crippen LogP contribution in [0, 0.1) is 12.8 Å². The largest absolute Gasteiger partial charge is 0.360 e. The van der Waals surface area contributed by atoms with E-state index in [-0.39, 0.29) is 0 Å². The predicted molar refractivity (Wildman–Crippen MR) is 82.0 cm³/mol. The third-order valence-electron chi connectivity index (χ3n) is 3.66. The first kappa shape index (κ1) is 13.3. The van der Waals surface area contributed by atoms with E-state index in [2.05, 4.69) is 48.7 Å². The summed E-state index contributed by atoms with van der Waals surface area (Å²) >= 11 is 5.36. The van der Waals surface area contributed by atoms with Crippen LogP contribution in [-0.4, -0.2) is 11.2 Å². The molecule has 0 bridgehead atoms. The summed E-state index contributed by atoms with van der Waals surface area (Å²) in [6.07, 6.45) is 5.09. The van der Waals surface area contributed by atoms with Crippen LogP contribution in [0.5, 0.6) is 0 Å². The molecule has 1 fully saturated rings. The standard InChI is InChI=1S/C15H22N2S/c1-11-3-7-13(8-4-11)16-15(18)17-14-9-5-12(2)6-10-14/h3-4,7-8,12,14H,5-6,9-10H2,1-2H3,(H2,16,17,18). The van der Waals surface area contributed by atoms with Crippen LogP contribution in [0.2, 0.25) is 0 Å². The normalized spacial score (nSPS) is 23.4. The summed E-state index contributed by atoms with van der Waals surface area (Å²) in [6, 6.07) is 8.85. The van der Waals surface area contributed by atoms with Gasteiger partial charge in [-0.1, -0.05) is 24.6 Å². The average molecular weight is 262 g/mol.